The lowest BCUT2D eigenvalue weighted by atomic mass is 9.93. The number of carbonyl (C=O) groups excluding carboxylic acids is 1. The van der Waals surface area contributed by atoms with Crippen molar-refractivity contribution < 1.29 is 13.2 Å². The molecule has 4 rings (SSSR count). The normalized spacial score (nSPS) is 21.6. The van der Waals surface area contributed by atoms with E-state index in [4.69, 9.17) is 0 Å². The number of hydrogen-bond donors (Lipinski definition) is 0. The fourth-order valence-corrected chi connectivity index (χ4v) is 5.65. The molecule has 5 nitrogen and oxygen atoms in total. The standard InChI is InChI=1S/C21H24N2O3S/c1-16-13-17-7-2-3-10-20(17)22(15-16)21(24)18-8-6-9-19(14-18)23-11-4-5-12-27(23,25)26/h2-3,6-10,14,16H,4-5,11-13,15H2,1H3. The molecule has 0 saturated carbocycles. The highest BCUT2D eigenvalue weighted by Crippen LogP contribution is 2.31. The Kier molecular flexibility index (Phi) is 4.68. The van der Waals surface area contributed by atoms with Crippen LogP contribution >= 0.6 is 0 Å². The minimum Gasteiger partial charge on any atom is -0.308 e. The third-order valence-corrected chi connectivity index (χ3v) is 7.19. The first-order valence-electron chi connectivity index (χ1n) is 9.46. The summed E-state index contributed by atoms with van der Waals surface area (Å²) in [5.41, 5.74) is 3.24. The summed E-state index contributed by atoms with van der Waals surface area (Å²) >= 11 is 0. The van der Waals surface area contributed by atoms with Crippen LogP contribution in [0.2, 0.25) is 0 Å². The van der Waals surface area contributed by atoms with Crippen molar-refractivity contribution in [2.75, 3.05) is 28.0 Å². The predicted octanol–water partition coefficient (Wildman–Crippen LogP) is 3.46. The zero-order valence-electron chi connectivity index (χ0n) is 15.5. The van der Waals surface area contributed by atoms with E-state index in [0.717, 1.165) is 18.5 Å². The minimum absolute atomic E-state index is 0.0785. The smallest absolute Gasteiger partial charge is 0.258 e. The van der Waals surface area contributed by atoms with Gasteiger partial charge >= 0.3 is 0 Å². The van der Waals surface area contributed by atoms with Gasteiger partial charge < -0.3 is 4.90 Å². The van der Waals surface area contributed by atoms with E-state index in [1.165, 1.54) is 9.87 Å². The average Bonchev–Trinajstić information content (AvgIpc) is 2.66. The molecule has 0 aromatic heterocycles. The van der Waals surface area contributed by atoms with Crippen LogP contribution in [-0.4, -0.2) is 33.2 Å². The molecule has 0 aliphatic carbocycles. The minimum atomic E-state index is -3.29. The molecule has 1 fully saturated rings. The number of hydrogen-bond acceptors (Lipinski definition) is 3. The highest BCUT2D eigenvalue weighted by molar-refractivity contribution is 7.92. The summed E-state index contributed by atoms with van der Waals surface area (Å²) in [6.07, 6.45) is 2.50. The molecule has 0 spiro atoms. The second-order valence-corrected chi connectivity index (χ2v) is 9.51. The van der Waals surface area contributed by atoms with Gasteiger partial charge in [0.2, 0.25) is 10.0 Å². The van der Waals surface area contributed by atoms with Gasteiger partial charge in [-0.1, -0.05) is 31.2 Å². The number of amides is 1. The molecule has 2 heterocycles. The quantitative estimate of drug-likeness (QED) is 0.797. The van der Waals surface area contributed by atoms with Crippen molar-refractivity contribution in [3.63, 3.8) is 0 Å². The first kappa shape index (κ1) is 18.0. The molecule has 2 aromatic carbocycles. The van der Waals surface area contributed by atoms with E-state index >= 15 is 0 Å². The number of rotatable bonds is 2. The van der Waals surface area contributed by atoms with Crippen molar-refractivity contribution in [1.82, 2.24) is 0 Å². The first-order chi connectivity index (χ1) is 13.0. The van der Waals surface area contributed by atoms with Gasteiger partial charge in [-0.3, -0.25) is 9.10 Å². The summed E-state index contributed by atoms with van der Waals surface area (Å²) in [6.45, 7) is 3.29. The number of fused-ring (bicyclic) bond motifs is 1. The maximum Gasteiger partial charge on any atom is 0.258 e. The monoisotopic (exact) mass is 384 g/mol. The molecular formula is C21H24N2O3S. The molecule has 1 unspecified atom stereocenters. The summed E-state index contributed by atoms with van der Waals surface area (Å²) in [5.74, 6) is 0.474. The van der Waals surface area contributed by atoms with Crippen LogP contribution in [0.15, 0.2) is 48.5 Å². The van der Waals surface area contributed by atoms with E-state index < -0.39 is 10.0 Å². The van der Waals surface area contributed by atoms with Crippen molar-refractivity contribution >= 4 is 27.3 Å². The number of para-hydroxylation sites is 1. The molecule has 27 heavy (non-hydrogen) atoms. The molecule has 142 valence electrons. The fourth-order valence-electron chi connectivity index (χ4n) is 4.02. The molecule has 6 heteroatoms. The lowest BCUT2D eigenvalue weighted by molar-refractivity contribution is 0.0981. The molecule has 0 N–H and O–H groups in total. The Bertz CT molecular complexity index is 971. The van der Waals surface area contributed by atoms with Gasteiger partial charge in [0.15, 0.2) is 0 Å². The van der Waals surface area contributed by atoms with Crippen LogP contribution in [0.5, 0.6) is 0 Å². The summed E-state index contributed by atoms with van der Waals surface area (Å²) in [5, 5.41) is 0. The van der Waals surface area contributed by atoms with Crippen molar-refractivity contribution in [1.29, 1.82) is 0 Å². The molecule has 0 bridgehead atoms. The van der Waals surface area contributed by atoms with Crippen LogP contribution < -0.4 is 9.21 Å². The van der Waals surface area contributed by atoms with Crippen LogP contribution in [0.25, 0.3) is 0 Å². The summed E-state index contributed by atoms with van der Waals surface area (Å²) in [4.78, 5) is 15.1. The number of benzene rings is 2. The SMILES string of the molecule is CC1Cc2ccccc2N(C(=O)c2cccc(N3CCCCS3(=O)=O)c2)C1. The highest BCUT2D eigenvalue weighted by Gasteiger charge is 2.29. The largest absolute Gasteiger partial charge is 0.308 e. The second kappa shape index (κ2) is 7.00. The average molecular weight is 385 g/mol. The van der Waals surface area contributed by atoms with E-state index in [1.54, 1.807) is 24.3 Å². The number of sulfonamides is 1. The van der Waals surface area contributed by atoms with E-state index in [2.05, 4.69) is 13.0 Å². The Labute approximate surface area is 160 Å². The lowest BCUT2D eigenvalue weighted by Crippen LogP contribution is -2.40. The van der Waals surface area contributed by atoms with Crippen molar-refractivity contribution in [3.8, 4) is 0 Å². The summed E-state index contributed by atoms with van der Waals surface area (Å²) in [7, 11) is -3.29. The van der Waals surface area contributed by atoms with Crippen molar-refractivity contribution in [3.05, 3.63) is 59.7 Å². The van der Waals surface area contributed by atoms with E-state index in [0.29, 0.717) is 36.7 Å². The zero-order chi connectivity index (χ0) is 19.0. The van der Waals surface area contributed by atoms with Gasteiger partial charge in [0.25, 0.3) is 5.91 Å². The van der Waals surface area contributed by atoms with Crippen LogP contribution in [0, 0.1) is 5.92 Å². The Morgan fingerprint density at radius 2 is 1.89 bits per heavy atom. The Balaban J connectivity index is 1.68. The van der Waals surface area contributed by atoms with Crippen molar-refractivity contribution in [2.45, 2.75) is 26.2 Å². The van der Waals surface area contributed by atoms with Gasteiger partial charge in [-0.05, 0) is 55.0 Å². The summed E-state index contributed by atoms with van der Waals surface area (Å²) < 4.78 is 26.2. The van der Waals surface area contributed by atoms with Crippen LogP contribution in [-0.2, 0) is 16.4 Å². The van der Waals surface area contributed by atoms with Gasteiger partial charge in [0.1, 0.15) is 0 Å². The Hall–Kier alpha value is -2.34. The van der Waals surface area contributed by atoms with E-state index in [9.17, 15) is 13.2 Å². The van der Waals surface area contributed by atoms with Gasteiger partial charge in [-0.25, -0.2) is 8.42 Å². The number of anilines is 2. The van der Waals surface area contributed by atoms with Gasteiger partial charge in [0.05, 0.1) is 11.4 Å². The molecule has 1 saturated heterocycles. The molecule has 0 radical (unpaired) electrons. The molecular weight excluding hydrogens is 360 g/mol. The maximum atomic E-state index is 13.3. The number of nitrogens with zero attached hydrogens (tertiary/aromatic N) is 2. The molecule has 2 aromatic rings. The predicted molar refractivity (Wildman–Crippen MR) is 108 cm³/mol. The lowest BCUT2D eigenvalue weighted by Gasteiger charge is -2.33. The molecule has 1 amide bonds. The van der Waals surface area contributed by atoms with Gasteiger partial charge in [-0.2, -0.15) is 0 Å². The van der Waals surface area contributed by atoms with Gasteiger partial charge in [-0.15, -0.1) is 0 Å². The second-order valence-electron chi connectivity index (χ2n) is 7.50. The third-order valence-electron chi connectivity index (χ3n) is 5.32. The topological polar surface area (TPSA) is 57.7 Å². The maximum absolute atomic E-state index is 13.3. The zero-order valence-corrected chi connectivity index (χ0v) is 16.3. The summed E-state index contributed by atoms with van der Waals surface area (Å²) in [6, 6.07) is 15.0. The van der Waals surface area contributed by atoms with Gasteiger partial charge in [0, 0.05) is 24.3 Å². The fraction of sp³-hybridized carbons (Fsp3) is 0.381. The van der Waals surface area contributed by atoms with Crippen molar-refractivity contribution in [2.24, 2.45) is 5.92 Å². The van der Waals surface area contributed by atoms with Crippen LogP contribution in [0.3, 0.4) is 0 Å². The number of carbonyl (C=O) groups is 1. The highest BCUT2D eigenvalue weighted by atomic mass is 32.2. The molecule has 1 atom stereocenters. The Morgan fingerprint density at radius 3 is 2.70 bits per heavy atom. The van der Waals surface area contributed by atoms with Crippen LogP contribution in [0.4, 0.5) is 11.4 Å². The first-order valence-corrected chi connectivity index (χ1v) is 11.1. The molecule has 2 aliphatic heterocycles. The molecule has 2 aliphatic rings. The van der Waals surface area contributed by atoms with E-state index in [-0.39, 0.29) is 11.7 Å². The van der Waals surface area contributed by atoms with Crippen LogP contribution in [0.1, 0.15) is 35.7 Å². The third kappa shape index (κ3) is 3.46. The Morgan fingerprint density at radius 1 is 1.07 bits per heavy atom. The van der Waals surface area contributed by atoms with E-state index in [1.807, 2.05) is 23.1 Å².